The first-order valence-electron chi connectivity index (χ1n) is 6.43. The lowest BCUT2D eigenvalue weighted by Crippen LogP contribution is -2.27. The number of rotatable bonds is 5. The van der Waals surface area contributed by atoms with Gasteiger partial charge in [0.1, 0.15) is 0 Å². The zero-order chi connectivity index (χ0) is 16.3. The Bertz CT molecular complexity index is 787. The van der Waals surface area contributed by atoms with E-state index in [1.807, 2.05) is 6.07 Å². The minimum atomic E-state index is -3.93. The Hall–Kier alpha value is -2.38. The summed E-state index contributed by atoms with van der Waals surface area (Å²) in [6.07, 6.45) is 0. The molecular formula is C15H14NO5S-. The molecule has 0 aliphatic carbocycles. The summed E-state index contributed by atoms with van der Waals surface area (Å²) in [5.41, 5.74) is 0.195. The number of hydrogen-bond donors (Lipinski definition) is 2. The van der Waals surface area contributed by atoms with Gasteiger partial charge in [-0.25, -0.2) is 17.9 Å². The van der Waals surface area contributed by atoms with Gasteiger partial charge in [-0.05, 0) is 24.6 Å². The molecule has 0 spiro atoms. The van der Waals surface area contributed by atoms with E-state index in [2.05, 4.69) is 4.72 Å². The molecule has 0 unspecified atom stereocenters. The summed E-state index contributed by atoms with van der Waals surface area (Å²) in [5.74, 6) is -2.19. The molecule has 0 saturated heterocycles. The van der Waals surface area contributed by atoms with Crippen LogP contribution >= 0.6 is 0 Å². The third-order valence-corrected chi connectivity index (χ3v) is 4.66. The van der Waals surface area contributed by atoms with Crippen molar-refractivity contribution in [2.45, 2.75) is 17.9 Å². The fourth-order valence-electron chi connectivity index (χ4n) is 1.95. The molecular weight excluding hydrogens is 306 g/mol. The first-order valence-corrected chi connectivity index (χ1v) is 7.91. The van der Waals surface area contributed by atoms with Gasteiger partial charge in [-0.2, -0.15) is 0 Å². The van der Waals surface area contributed by atoms with Gasteiger partial charge in [-0.15, -0.1) is 0 Å². The largest absolute Gasteiger partial charge is 0.872 e. The van der Waals surface area contributed by atoms with Crippen molar-refractivity contribution in [2.24, 2.45) is 0 Å². The second-order valence-corrected chi connectivity index (χ2v) is 6.43. The van der Waals surface area contributed by atoms with Crippen LogP contribution in [0.4, 0.5) is 0 Å². The molecule has 22 heavy (non-hydrogen) atoms. The van der Waals surface area contributed by atoms with Gasteiger partial charge < -0.3 is 10.2 Å². The van der Waals surface area contributed by atoms with E-state index in [9.17, 15) is 18.3 Å². The highest BCUT2D eigenvalue weighted by atomic mass is 32.2. The van der Waals surface area contributed by atoms with Gasteiger partial charge in [-0.1, -0.05) is 42.1 Å². The average Bonchev–Trinajstić information content (AvgIpc) is 2.47. The summed E-state index contributed by atoms with van der Waals surface area (Å²) in [6, 6.07) is 11.3. The predicted molar refractivity (Wildman–Crippen MR) is 78.0 cm³/mol. The molecule has 7 heteroatoms. The zero-order valence-corrected chi connectivity index (χ0v) is 12.5. The summed E-state index contributed by atoms with van der Waals surface area (Å²) in [4.78, 5) is 10.7. The summed E-state index contributed by atoms with van der Waals surface area (Å²) in [5, 5.41) is 20.3. The van der Waals surface area contributed by atoms with E-state index in [4.69, 9.17) is 5.11 Å². The third-order valence-electron chi connectivity index (χ3n) is 3.12. The van der Waals surface area contributed by atoms with Gasteiger partial charge in [0, 0.05) is 6.04 Å². The maximum atomic E-state index is 12.3. The van der Waals surface area contributed by atoms with Gasteiger partial charge in [0.15, 0.2) is 0 Å². The smallest absolute Gasteiger partial charge is 0.335 e. The Kier molecular flexibility index (Phi) is 4.48. The fraction of sp³-hybridized carbons (Fsp3) is 0.133. The number of carboxylic acids is 1. The third kappa shape index (κ3) is 3.44. The molecule has 0 heterocycles. The highest BCUT2D eigenvalue weighted by Crippen LogP contribution is 2.21. The van der Waals surface area contributed by atoms with Crippen LogP contribution in [0.25, 0.3) is 0 Å². The van der Waals surface area contributed by atoms with E-state index in [1.165, 1.54) is 0 Å². The van der Waals surface area contributed by atoms with Crippen LogP contribution in [0.3, 0.4) is 0 Å². The standard InChI is InChI=1S/C15H15NO5S/c1-10(11-5-3-2-4-6-11)16-22(20,21)12-7-8-14(17)13(9-12)15(18)19/h2-10,16-17H,1H3,(H,18,19)/p-1/t10-/m0/s1. The Morgan fingerprint density at radius 1 is 1.18 bits per heavy atom. The number of aromatic carboxylic acids is 1. The molecule has 0 aromatic heterocycles. The Balaban J connectivity index is 2.31. The summed E-state index contributed by atoms with van der Waals surface area (Å²) in [6.45, 7) is 1.67. The second kappa shape index (κ2) is 6.17. The lowest BCUT2D eigenvalue weighted by Gasteiger charge is -2.16. The second-order valence-electron chi connectivity index (χ2n) is 4.72. The molecule has 0 aliphatic rings. The van der Waals surface area contributed by atoms with E-state index in [-0.39, 0.29) is 4.90 Å². The Morgan fingerprint density at radius 2 is 1.82 bits per heavy atom. The number of carboxylic acid groups (broad SMARTS) is 1. The van der Waals surface area contributed by atoms with E-state index in [0.29, 0.717) is 0 Å². The van der Waals surface area contributed by atoms with Gasteiger partial charge in [0.25, 0.3) is 0 Å². The lowest BCUT2D eigenvalue weighted by atomic mass is 10.1. The normalized spacial score (nSPS) is 12.8. The summed E-state index contributed by atoms with van der Waals surface area (Å²) in [7, 11) is -3.93. The molecule has 6 nitrogen and oxygen atoms in total. The first kappa shape index (κ1) is 16.0. The van der Waals surface area contributed by atoms with Gasteiger partial charge in [0.2, 0.25) is 10.0 Å². The van der Waals surface area contributed by atoms with Gasteiger partial charge in [0.05, 0.1) is 10.5 Å². The first-order chi connectivity index (χ1) is 10.3. The average molecular weight is 320 g/mol. The van der Waals surface area contributed by atoms with Crippen LogP contribution in [-0.2, 0) is 10.0 Å². The van der Waals surface area contributed by atoms with E-state index < -0.39 is 33.3 Å². The minimum Gasteiger partial charge on any atom is -0.872 e. The van der Waals surface area contributed by atoms with Crippen LogP contribution in [0.5, 0.6) is 5.75 Å². The summed E-state index contributed by atoms with van der Waals surface area (Å²) >= 11 is 0. The van der Waals surface area contributed by atoms with Crippen molar-refractivity contribution < 1.29 is 23.4 Å². The van der Waals surface area contributed by atoms with Crippen LogP contribution in [0.1, 0.15) is 28.9 Å². The van der Waals surface area contributed by atoms with Crippen molar-refractivity contribution in [3.05, 3.63) is 59.7 Å². The minimum absolute atomic E-state index is 0.257. The van der Waals surface area contributed by atoms with Crippen LogP contribution < -0.4 is 9.83 Å². The zero-order valence-electron chi connectivity index (χ0n) is 11.7. The van der Waals surface area contributed by atoms with E-state index >= 15 is 0 Å². The molecule has 0 saturated carbocycles. The predicted octanol–water partition coefficient (Wildman–Crippen LogP) is 1.50. The van der Waals surface area contributed by atoms with Crippen molar-refractivity contribution in [2.75, 3.05) is 0 Å². The molecule has 0 fully saturated rings. The van der Waals surface area contributed by atoms with E-state index in [1.54, 1.807) is 31.2 Å². The number of benzene rings is 2. The topological polar surface area (TPSA) is 107 Å². The monoisotopic (exact) mass is 320 g/mol. The van der Waals surface area contributed by atoms with Crippen LogP contribution in [0.15, 0.2) is 53.4 Å². The fourth-order valence-corrected chi connectivity index (χ4v) is 3.21. The number of sulfonamides is 1. The van der Waals surface area contributed by atoms with Crippen LogP contribution in [-0.4, -0.2) is 19.5 Å². The molecule has 0 radical (unpaired) electrons. The quantitative estimate of drug-likeness (QED) is 0.868. The van der Waals surface area contributed by atoms with E-state index in [0.717, 1.165) is 23.8 Å². The molecule has 2 aromatic carbocycles. The number of carbonyl (C=O) groups is 1. The van der Waals surface area contributed by atoms with Gasteiger partial charge >= 0.3 is 5.97 Å². The molecule has 0 aliphatic heterocycles. The van der Waals surface area contributed by atoms with Crippen molar-refractivity contribution in [3.63, 3.8) is 0 Å². The Labute approximate surface area is 128 Å². The summed E-state index contributed by atoms with van der Waals surface area (Å²) < 4.78 is 27.0. The lowest BCUT2D eigenvalue weighted by molar-refractivity contribution is -0.268. The van der Waals surface area contributed by atoms with Crippen LogP contribution in [0, 0.1) is 0 Å². The molecule has 1 atom stereocenters. The molecule has 116 valence electrons. The highest BCUT2D eigenvalue weighted by Gasteiger charge is 2.19. The molecule has 0 amide bonds. The molecule has 2 rings (SSSR count). The SMILES string of the molecule is C[C@H](NS(=O)(=O)c1ccc([O-])c(C(=O)O)c1)c1ccccc1. The van der Waals surface area contributed by atoms with Crippen molar-refractivity contribution in [1.82, 2.24) is 4.72 Å². The number of hydrogen-bond acceptors (Lipinski definition) is 4. The maximum absolute atomic E-state index is 12.3. The molecule has 0 bridgehead atoms. The highest BCUT2D eigenvalue weighted by molar-refractivity contribution is 7.89. The van der Waals surface area contributed by atoms with Crippen molar-refractivity contribution in [3.8, 4) is 5.75 Å². The Morgan fingerprint density at radius 3 is 2.41 bits per heavy atom. The molecule has 2 aromatic rings. The van der Waals surface area contributed by atoms with Crippen molar-refractivity contribution >= 4 is 16.0 Å². The van der Waals surface area contributed by atoms with Crippen LogP contribution in [0.2, 0.25) is 0 Å². The molecule has 2 N–H and O–H groups in total. The maximum Gasteiger partial charge on any atom is 0.335 e. The van der Waals surface area contributed by atoms with Gasteiger partial charge in [-0.3, -0.25) is 0 Å². The van der Waals surface area contributed by atoms with Crippen molar-refractivity contribution in [1.29, 1.82) is 0 Å². The number of nitrogens with one attached hydrogen (secondary N) is 1.